The van der Waals surface area contributed by atoms with E-state index in [1.165, 1.54) is 0 Å². The van der Waals surface area contributed by atoms with Gasteiger partial charge in [0, 0.05) is 0 Å². The molecule has 7 heteroatoms. The van der Waals surface area contributed by atoms with Crippen molar-refractivity contribution < 1.29 is 26.0 Å². The third kappa shape index (κ3) is 4.32. The van der Waals surface area contributed by atoms with Gasteiger partial charge >= 0.3 is 118 Å². The molecule has 0 saturated carbocycles. The maximum atomic E-state index is 11.7. The molecule has 2 atom stereocenters. The summed E-state index contributed by atoms with van der Waals surface area (Å²) in [6, 6.07) is 0. The number of carbonyl (C=O) groups is 2. The molecule has 0 aromatic carbocycles. The molecule has 1 rings (SSSR count). The molecular weight excluding hydrogens is 359 g/mol. The van der Waals surface area contributed by atoms with Gasteiger partial charge in [-0.05, 0) is 0 Å². The average Bonchev–Trinajstić information content (AvgIpc) is 2.47. The van der Waals surface area contributed by atoms with Crippen molar-refractivity contribution in [3.8, 4) is 0 Å². The van der Waals surface area contributed by atoms with E-state index >= 15 is 0 Å². The zero-order valence-corrected chi connectivity index (χ0v) is 14.3. The quantitative estimate of drug-likeness (QED) is 0.663. The first-order chi connectivity index (χ1) is 8.95. The van der Waals surface area contributed by atoms with Gasteiger partial charge in [-0.25, -0.2) is 0 Å². The Morgan fingerprint density at radius 3 is 1.63 bits per heavy atom. The topological polar surface area (TPSA) is 93.1 Å². The van der Waals surface area contributed by atoms with E-state index in [1.807, 2.05) is 13.8 Å². The van der Waals surface area contributed by atoms with Crippen LogP contribution in [-0.2, 0) is 15.7 Å². The maximum absolute atomic E-state index is 11.7. The molecule has 0 bridgehead atoms. The normalized spacial score (nSPS) is 26.5. The number of aliphatic hydroxyl groups excluding tert-OH is 2. The summed E-state index contributed by atoms with van der Waals surface area (Å²) in [5, 5.41) is 19.0. The molecule has 1 fully saturated rings. The minimum atomic E-state index is -3.85. The van der Waals surface area contributed by atoms with Crippen molar-refractivity contribution in [3.63, 3.8) is 0 Å². The number of unbranched alkanes of at least 4 members (excludes halogenated alkanes) is 2. The molecule has 0 radical (unpaired) electrons. The van der Waals surface area contributed by atoms with Crippen LogP contribution < -0.4 is 0 Å². The third-order valence-corrected chi connectivity index (χ3v) is 12.8. The summed E-state index contributed by atoms with van der Waals surface area (Å²) < 4.78 is 11.9. The van der Waals surface area contributed by atoms with Gasteiger partial charge in [0.05, 0.1) is 0 Å². The Bertz CT molecular complexity index is 300. The fourth-order valence-corrected chi connectivity index (χ4v) is 11.9. The summed E-state index contributed by atoms with van der Waals surface area (Å²) in [6.45, 7) is 4.01. The second-order valence-electron chi connectivity index (χ2n) is 4.85. The van der Waals surface area contributed by atoms with Crippen molar-refractivity contribution in [2.24, 2.45) is 0 Å². The molecule has 110 valence electrons. The predicted octanol–water partition coefficient (Wildman–Crippen LogP) is 0.851. The third-order valence-electron chi connectivity index (χ3n) is 3.18. The Balaban J connectivity index is 2.93. The molecule has 0 amide bonds. The first-order valence-corrected chi connectivity index (χ1v) is 13.1. The van der Waals surface area contributed by atoms with Crippen LogP contribution in [0.25, 0.3) is 0 Å². The van der Waals surface area contributed by atoms with Crippen LogP contribution in [0.3, 0.4) is 0 Å². The van der Waals surface area contributed by atoms with E-state index in [0.717, 1.165) is 25.7 Å². The van der Waals surface area contributed by atoms with Gasteiger partial charge in [0.25, 0.3) is 0 Å². The zero-order valence-electron chi connectivity index (χ0n) is 11.4. The number of aliphatic hydroxyl groups is 2. The molecule has 6 nitrogen and oxygen atoms in total. The van der Waals surface area contributed by atoms with Crippen LogP contribution in [0.15, 0.2) is 0 Å². The van der Waals surface area contributed by atoms with Crippen molar-refractivity contribution in [2.45, 2.75) is 60.6 Å². The van der Waals surface area contributed by atoms with Crippen LogP contribution in [0.5, 0.6) is 0 Å². The van der Waals surface area contributed by atoms with Crippen LogP contribution >= 0.6 is 0 Å². The molecule has 2 N–H and O–H groups in total. The Labute approximate surface area is 118 Å². The molecule has 0 aromatic rings. The molecule has 1 saturated heterocycles. The monoisotopic (exact) mass is 382 g/mol. The van der Waals surface area contributed by atoms with Crippen molar-refractivity contribution in [1.29, 1.82) is 0 Å². The number of rotatable bonds is 6. The van der Waals surface area contributed by atoms with Crippen molar-refractivity contribution in [1.82, 2.24) is 0 Å². The first kappa shape index (κ1) is 16.7. The number of hydrogen-bond donors (Lipinski definition) is 2. The van der Waals surface area contributed by atoms with Crippen molar-refractivity contribution in [2.75, 3.05) is 0 Å². The Hall–Kier alpha value is -0.341. The Kier molecular flexibility index (Phi) is 6.55. The summed E-state index contributed by atoms with van der Waals surface area (Å²) in [5.41, 5.74) is 0. The Morgan fingerprint density at radius 2 is 1.32 bits per heavy atom. The van der Waals surface area contributed by atoms with Gasteiger partial charge in [0.15, 0.2) is 0 Å². The van der Waals surface area contributed by atoms with E-state index in [0.29, 0.717) is 8.87 Å². The van der Waals surface area contributed by atoms with E-state index in [2.05, 4.69) is 0 Å². The second-order valence-corrected chi connectivity index (χ2v) is 14.1. The molecular formula is C12H22O6Sn. The zero-order chi connectivity index (χ0) is 14.5. The molecule has 0 spiro atoms. The number of hydrogen-bond acceptors (Lipinski definition) is 6. The van der Waals surface area contributed by atoms with Crippen LogP contribution in [0, 0.1) is 0 Å². The van der Waals surface area contributed by atoms with Crippen LogP contribution in [0.2, 0.25) is 8.87 Å². The fraction of sp³-hybridized carbons (Fsp3) is 0.833. The Morgan fingerprint density at radius 1 is 0.947 bits per heavy atom. The molecule has 2 unspecified atom stereocenters. The summed E-state index contributed by atoms with van der Waals surface area (Å²) in [7, 11) is 0. The first-order valence-electron chi connectivity index (χ1n) is 6.77. The van der Waals surface area contributed by atoms with Gasteiger partial charge in [0.1, 0.15) is 0 Å². The van der Waals surface area contributed by atoms with Gasteiger partial charge in [0.2, 0.25) is 0 Å². The van der Waals surface area contributed by atoms with Crippen LogP contribution in [-0.4, -0.2) is 53.6 Å². The van der Waals surface area contributed by atoms with Crippen LogP contribution in [0.4, 0.5) is 0 Å². The SMILES string of the molecule is CCC[CH2][Sn]1([CH2]CCC)[O]C(=O)C(O)C(O)C(=O)[O]1. The number of carbonyl (C=O) groups excluding carboxylic acids is 2. The molecule has 1 aliphatic rings. The fourth-order valence-electron chi connectivity index (χ4n) is 1.99. The van der Waals surface area contributed by atoms with Gasteiger partial charge in [-0.1, -0.05) is 0 Å². The van der Waals surface area contributed by atoms with Gasteiger partial charge in [-0.2, -0.15) is 0 Å². The van der Waals surface area contributed by atoms with Gasteiger partial charge < -0.3 is 0 Å². The van der Waals surface area contributed by atoms with E-state index in [4.69, 9.17) is 6.15 Å². The van der Waals surface area contributed by atoms with E-state index in [1.54, 1.807) is 0 Å². The minimum absolute atomic E-state index is 0.585. The van der Waals surface area contributed by atoms with E-state index < -0.39 is 43.4 Å². The van der Waals surface area contributed by atoms with Gasteiger partial charge in [-0.15, -0.1) is 0 Å². The molecule has 0 aromatic heterocycles. The summed E-state index contributed by atoms with van der Waals surface area (Å²) in [5.74, 6) is -1.83. The second kappa shape index (κ2) is 7.44. The van der Waals surface area contributed by atoms with Gasteiger partial charge in [-0.3, -0.25) is 0 Å². The van der Waals surface area contributed by atoms with E-state index in [-0.39, 0.29) is 0 Å². The standard InChI is InChI=1S/C4H6O6.2C4H9.Sn/c5-1(3(7)8)2(6)4(9)10;2*1-3-4-2;/h1-2,5-6H,(H,7,8)(H,9,10);2*1,3-4H2,2H3;/q;;;+2/p-2. The summed E-state index contributed by atoms with van der Waals surface area (Å²) >= 11 is -3.85. The van der Waals surface area contributed by atoms with Crippen molar-refractivity contribution in [3.05, 3.63) is 0 Å². The van der Waals surface area contributed by atoms with Crippen LogP contribution in [0.1, 0.15) is 39.5 Å². The molecule has 1 aliphatic heterocycles. The molecule has 0 aliphatic carbocycles. The molecule has 1 heterocycles. The summed E-state index contributed by atoms with van der Waals surface area (Å²) in [6.07, 6.45) is -0.210. The average molecular weight is 381 g/mol. The van der Waals surface area contributed by atoms with Crippen molar-refractivity contribution >= 4 is 31.1 Å². The summed E-state index contributed by atoms with van der Waals surface area (Å²) in [4.78, 5) is 23.4. The predicted molar refractivity (Wildman–Crippen MR) is 69.4 cm³/mol. The van der Waals surface area contributed by atoms with E-state index in [9.17, 15) is 19.8 Å². The molecule has 19 heavy (non-hydrogen) atoms.